The summed E-state index contributed by atoms with van der Waals surface area (Å²) in [5.41, 5.74) is 1.05. The lowest BCUT2D eigenvalue weighted by molar-refractivity contribution is 0.542. The number of imidazole rings is 1. The summed E-state index contributed by atoms with van der Waals surface area (Å²) in [5, 5.41) is 0.720. The molecule has 0 aliphatic carbocycles. The molecular formula is C11H12BrClN2. The SMILES string of the molecule is CC(C)(C)c1nc(Br)c2ccc(Cl)cn12. The Balaban J connectivity index is 2.81. The standard InChI is InChI=1S/C11H12BrClN2/c1-11(2,3)10-14-9(12)8-5-4-7(13)6-15(8)10/h4-6H,1-3H3. The highest BCUT2D eigenvalue weighted by Crippen LogP contribution is 2.28. The molecule has 2 aromatic rings. The van der Waals surface area contributed by atoms with Gasteiger partial charge in [-0.25, -0.2) is 4.98 Å². The van der Waals surface area contributed by atoms with Crippen LogP contribution in [0.15, 0.2) is 22.9 Å². The Labute approximate surface area is 102 Å². The van der Waals surface area contributed by atoms with E-state index in [-0.39, 0.29) is 5.41 Å². The minimum Gasteiger partial charge on any atom is -0.301 e. The lowest BCUT2D eigenvalue weighted by atomic mass is 9.96. The summed E-state index contributed by atoms with van der Waals surface area (Å²) in [6, 6.07) is 3.84. The number of hydrogen-bond donors (Lipinski definition) is 0. The van der Waals surface area contributed by atoms with Crippen LogP contribution in [0.2, 0.25) is 5.02 Å². The van der Waals surface area contributed by atoms with Crippen LogP contribution >= 0.6 is 27.5 Å². The van der Waals surface area contributed by atoms with E-state index in [1.165, 1.54) is 0 Å². The van der Waals surface area contributed by atoms with Crippen LogP contribution in [0.4, 0.5) is 0 Å². The molecule has 0 saturated heterocycles. The molecule has 80 valence electrons. The van der Waals surface area contributed by atoms with Gasteiger partial charge in [0.05, 0.1) is 10.5 Å². The first kappa shape index (κ1) is 11.0. The number of hydrogen-bond acceptors (Lipinski definition) is 1. The van der Waals surface area contributed by atoms with Crippen LogP contribution in [-0.2, 0) is 5.41 Å². The Morgan fingerprint density at radius 1 is 1.33 bits per heavy atom. The average Bonchev–Trinajstić information content (AvgIpc) is 2.42. The van der Waals surface area contributed by atoms with Gasteiger partial charge in [-0.1, -0.05) is 32.4 Å². The molecule has 2 aromatic heterocycles. The maximum absolute atomic E-state index is 5.99. The zero-order valence-electron chi connectivity index (χ0n) is 8.88. The summed E-state index contributed by atoms with van der Waals surface area (Å²) >= 11 is 9.45. The molecule has 2 heterocycles. The number of fused-ring (bicyclic) bond motifs is 1. The molecule has 0 fully saturated rings. The summed E-state index contributed by atoms with van der Waals surface area (Å²) in [5.74, 6) is 1.01. The highest BCUT2D eigenvalue weighted by molar-refractivity contribution is 9.10. The van der Waals surface area contributed by atoms with Gasteiger partial charge in [-0.3, -0.25) is 0 Å². The fraction of sp³-hybridized carbons (Fsp3) is 0.364. The fourth-order valence-electron chi connectivity index (χ4n) is 1.55. The maximum Gasteiger partial charge on any atom is 0.132 e. The van der Waals surface area contributed by atoms with Gasteiger partial charge < -0.3 is 4.40 Å². The van der Waals surface area contributed by atoms with E-state index in [1.54, 1.807) is 0 Å². The average molecular weight is 288 g/mol. The minimum absolute atomic E-state index is 0.000378. The molecule has 15 heavy (non-hydrogen) atoms. The van der Waals surface area contributed by atoms with Crippen molar-refractivity contribution in [2.75, 3.05) is 0 Å². The molecule has 0 unspecified atom stereocenters. The van der Waals surface area contributed by atoms with Crippen LogP contribution in [-0.4, -0.2) is 9.38 Å². The van der Waals surface area contributed by atoms with E-state index < -0.39 is 0 Å². The molecule has 0 spiro atoms. The molecule has 0 aliphatic rings. The van der Waals surface area contributed by atoms with Crippen molar-refractivity contribution < 1.29 is 0 Å². The van der Waals surface area contributed by atoms with Gasteiger partial charge >= 0.3 is 0 Å². The molecule has 0 saturated carbocycles. The van der Waals surface area contributed by atoms with E-state index in [9.17, 15) is 0 Å². The van der Waals surface area contributed by atoms with Crippen molar-refractivity contribution in [3.63, 3.8) is 0 Å². The van der Waals surface area contributed by atoms with Crippen molar-refractivity contribution in [3.8, 4) is 0 Å². The lowest BCUT2D eigenvalue weighted by Gasteiger charge is -2.16. The molecule has 0 bridgehead atoms. The largest absolute Gasteiger partial charge is 0.301 e. The van der Waals surface area contributed by atoms with Gasteiger partial charge in [0.15, 0.2) is 0 Å². The van der Waals surface area contributed by atoms with Gasteiger partial charge in [0.25, 0.3) is 0 Å². The van der Waals surface area contributed by atoms with Crippen LogP contribution in [0.5, 0.6) is 0 Å². The molecule has 0 aromatic carbocycles. The number of pyridine rings is 1. The highest BCUT2D eigenvalue weighted by Gasteiger charge is 2.21. The summed E-state index contributed by atoms with van der Waals surface area (Å²) in [6.07, 6.45) is 1.90. The Hall–Kier alpha value is -0.540. The van der Waals surface area contributed by atoms with Crippen LogP contribution < -0.4 is 0 Å². The first-order valence-electron chi connectivity index (χ1n) is 4.73. The summed E-state index contributed by atoms with van der Waals surface area (Å²) in [7, 11) is 0. The number of rotatable bonds is 0. The molecule has 0 N–H and O–H groups in total. The Bertz CT molecular complexity index is 511. The van der Waals surface area contributed by atoms with Crippen LogP contribution in [0.3, 0.4) is 0 Å². The van der Waals surface area contributed by atoms with Crippen LogP contribution in [0.25, 0.3) is 5.52 Å². The zero-order chi connectivity index (χ0) is 11.2. The van der Waals surface area contributed by atoms with Gasteiger partial charge in [-0.2, -0.15) is 0 Å². The van der Waals surface area contributed by atoms with E-state index >= 15 is 0 Å². The van der Waals surface area contributed by atoms with Gasteiger partial charge in [0, 0.05) is 11.6 Å². The summed E-state index contributed by atoms with van der Waals surface area (Å²) in [4.78, 5) is 4.52. The van der Waals surface area contributed by atoms with Crippen molar-refractivity contribution in [2.24, 2.45) is 0 Å². The first-order valence-corrected chi connectivity index (χ1v) is 5.90. The monoisotopic (exact) mass is 286 g/mol. The molecule has 0 radical (unpaired) electrons. The second kappa shape index (κ2) is 3.49. The summed E-state index contributed by atoms with van der Waals surface area (Å²) < 4.78 is 2.90. The van der Waals surface area contributed by atoms with Crippen molar-refractivity contribution in [1.29, 1.82) is 0 Å². The minimum atomic E-state index is -0.000378. The second-order valence-electron chi connectivity index (χ2n) is 4.58. The van der Waals surface area contributed by atoms with E-state index in [0.29, 0.717) is 0 Å². The molecule has 4 heteroatoms. The fourth-order valence-corrected chi connectivity index (χ4v) is 2.20. The molecule has 0 aliphatic heterocycles. The molecule has 0 amide bonds. The Morgan fingerprint density at radius 2 is 2.00 bits per heavy atom. The quantitative estimate of drug-likeness (QED) is 0.714. The van der Waals surface area contributed by atoms with Crippen molar-refractivity contribution in [3.05, 3.63) is 33.8 Å². The number of aromatic nitrogens is 2. The van der Waals surface area contributed by atoms with E-state index in [2.05, 4.69) is 41.7 Å². The topological polar surface area (TPSA) is 17.3 Å². The van der Waals surface area contributed by atoms with E-state index in [0.717, 1.165) is 21.0 Å². The number of nitrogens with zero attached hydrogens (tertiary/aromatic N) is 2. The normalized spacial score (nSPS) is 12.3. The van der Waals surface area contributed by atoms with E-state index in [1.807, 2.05) is 22.7 Å². The maximum atomic E-state index is 5.99. The third-order valence-corrected chi connectivity index (χ3v) is 3.03. The van der Waals surface area contributed by atoms with Gasteiger partial charge in [-0.05, 0) is 28.1 Å². The smallest absolute Gasteiger partial charge is 0.132 e. The first-order chi connectivity index (χ1) is 6.89. The van der Waals surface area contributed by atoms with Crippen LogP contribution in [0.1, 0.15) is 26.6 Å². The zero-order valence-corrected chi connectivity index (χ0v) is 11.2. The Morgan fingerprint density at radius 3 is 2.60 bits per heavy atom. The van der Waals surface area contributed by atoms with Crippen LogP contribution in [0, 0.1) is 0 Å². The lowest BCUT2D eigenvalue weighted by Crippen LogP contribution is -2.15. The number of halogens is 2. The Kier molecular flexibility index (Phi) is 2.55. The molecule has 2 rings (SSSR count). The predicted molar refractivity (Wildman–Crippen MR) is 66.6 cm³/mol. The second-order valence-corrected chi connectivity index (χ2v) is 5.77. The third kappa shape index (κ3) is 1.91. The van der Waals surface area contributed by atoms with Gasteiger partial charge in [0.2, 0.25) is 0 Å². The van der Waals surface area contributed by atoms with Crippen molar-refractivity contribution in [2.45, 2.75) is 26.2 Å². The van der Waals surface area contributed by atoms with Gasteiger partial charge in [0.1, 0.15) is 10.4 Å². The van der Waals surface area contributed by atoms with Crippen molar-refractivity contribution in [1.82, 2.24) is 9.38 Å². The molecule has 0 atom stereocenters. The molecule has 2 nitrogen and oxygen atoms in total. The van der Waals surface area contributed by atoms with Crippen molar-refractivity contribution >= 4 is 33.0 Å². The van der Waals surface area contributed by atoms with Gasteiger partial charge in [-0.15, -0.1) is 0 Å². The predicted octanol–water partition coefficient (Wildman–Crippen LogP) is 4.05. The molecular weight excluding hydrogens is 275 g/mol. The summed E-state index contributed by atoms with van der Waals surface area (Å²) in [6.45, 7) is 6.40. The highest BCUT2D eigenvalue weighted by atomic mass is 79.9. The third-order valence-electron chi connectivity index (χ3n) is 2.23. The van der Waals surface area contributed by atoms with E-state index in [4.69, 9.17) is 11.6 Å².